The van der Waals surface area contributed by atoms with Crippen LogP contribution in [0.2, 0.25) is 0 Å². The van der Waals surface area contributed by atoms with Gasteiger partial charge in [-0.1, -0.05) is 18.2 Å². The van der Waals surface area contributed by atoms with Crippen LogP contribution < -0.4 is 10.6 Å². The van der Waals surface area contributed by atoms with Gasteiger partial charge in [0.1, 0.15) is 6.54 Å². The number of carbonyl (C=O) groups is 1. The van der Waals surface area contributed by atoms with Crippen molar-refractivity contribution in [3.63, 3.8) is 0 Å². The molecule has 6 nitrogen and oxygen atoms in total. The van der Waals surface area contributed by atoms with Crippen molar-refractivity contribution >= 4 is 35.8 Å². The third-order valence-electron chi connectivity index (χ3n) is 3.92. The number of aromatic nitrogens is 1. The fraction of sp³-hybridized carbons (Fsp3) is 0.500. The number of aliphatic imine (C=N–C) groups is 1. The van der Waals surface area contributed by atoms with Gasteiger partial charge in [0, 0.05) is 44.5 Å². The summed E-state index contributed by atoms with van der Waals surface area (Å²) in [5.74, 6) is 0.713. The maximum atomic E-state index is 12.2. The summed E-state index contributed by atoms with van der Waals surface area (Å²) in [5, 5.41) is 6.56. The van der Waals surface area contributed by atoms with Crippen molar-refractivity contribution < 1.29 is 4.79 Å². The number of halogens is 1. The Morgan fingerprint density at radius 3 is 2.76 bits per heavy atom. The predicted octanol–water partition coefficient (Wildman–Crippen LogP) is 1.97. The highest BCUT2D eigenvalue weighted by Gasteiger charge is 2.13. The highest BCUT2D eigenvalue weighted by Crippen LogP contribution is 2.08. The van der Waals surface area contributed by atoms with E-state index in [4.69, 9.17) is 0 Å². The standard InChI is InChI=1S/C18H27N5O.HI/c1-3-19-18(22-16-9-4-5-10-16)21-14-17(24)23(2)13-11-15-8-6-7-12-20-15;/h4-8,12,16H,3,9-11,13-14H2,1-2H3,(H2,19,21,22);1H. The Bertz CT molecular complexity index is 568. The van der Waals surface area contributed by atoms with Crippen LogP contribution in [0.3, 0.4) is 0 Å². The van der Waals surface area contributed by atoms with Crippen LogP contribution in [0.5, 0.6) is 0 Å². The topological polar surface area (TPSA) is 69.6 Å². The highest BCUT2D eigenvalue weighted by molar-refractivity contribution is 14.0. The summed E-state index contributed by atoms with van der Waals surface area (Å²) in [7, 11) is 1.81. The minimum atomic E-state index is 0. The number of pyridine rings is 1. The first-order valence-electron chi connectivity index (χ1n) is 8.52. The van der Waals surface area contributed by atoms with Gasteiger partial charge < -0.3 is 15.5 Å². The van der Waals surface area contributed by atoms with E-state index >= 15 is 0 Å². The van der Waals surface area contributed by atoms with E-state index in [-0.39, 0.29) is 36.4 Å². The fourth-order valence-corrected chi connectivity index (χ4v) is 2.47. The Hall–Kier alpha value is -1.64. The molecule has 0 radical (unpaired) electrons. The highest BCUT2D eigenvalue weighted by atomic mass is 127. The first-order chi connectivity index (χ1) is 11.7. The number of amides is 1. The minimum Gasteiger partial charge on any atom is -0.357 e. The van der Waals surface area contributed by atoms with Crippen molar-refractivity contribution in [3.05, 3.63) is 42.2 Å². The molecule has 2 N–H and O–H groups in total. The lowest BCUT2D eigenvalue weighted by Gasteiger charge is -2.18. The molecule has 138 valence electrons. The van der Waals surface area contributed by atoms with E-state index < -0.39 is 0 Å². The predicted molar refractivity (Wildman–Crippen MR) is 112 cm³/mol. The van der Waals surface area contributed by atoms with Crippen molar-refractivity contribution in [2.24, 2.45) is 4.99 Å². The summed E-state index contributed by atoms with van der Waals surface area (Å²) in [5.41, 5.74) is 0.990. The number of hydrogen-bond acceptors (Lipinski definition) is 3. The Kier molecular flexibility index (Phi) is 10.1. The second-order valence-corrected chi connectivity index (χ2v) is 5.87. The molecule has 1 aromatic heterocycles. The molecule has 1 aliphatic carbocycles. The minimum absolute atomic E-state index is 0. The fourth-order valence-electron chi connectivity index (χ4n) is 2.47. The average Bonchev–Trinajstić information content (AvgIpc) is 3.11. The first kappa shape index (κ1) is 21.4. The summed E-state index contributed by atoms with van der Waals surface area (Å²) in [6.07, 6.45) is 8.85. The van der Waals surface area contributed by atoms with Gasteiger partial charge in [-0.25, -0.2) is 4.99 Å². The van der Waals surface area contributed by atoms with Crippen molar-refractivity contribution in [1.82, 2.24) is 20.5 Å². The van der Waals surface area contributed by atoms with E-state index in [9.17, 15) is 4.79 Å². The normalized spacial score (nSPS) is 14.1. The first-order valence-corrected chi connectivity index (χ1v) is 8.52. The van der Waals surface area contributed by atoms with Gasteiger partial charge in [0.2, 0.25) is 5.91 Å². The van der Waals surface area contributed by atoms with Crippen LogP contribution >= 0.6 is 24.0 Å². The molecule has 25 heavy (non-hydrogen) atoms. The SMILES string of the molecule is CCNC(=NCC(=O)N(C)CCc1ccccn1)NC1CC=CC1.I. The average molecular weight is 457 g/mol. The maximum absolute atomic E-state index is 12.2. The molecule has 1 amide bonds. The van der Waals surface area contributed by atoms with Gasteiger partial charge in [-0.05, 0) is 31.9 Å². The summed E-state index contributed by atoms with van der Waals surface area (Å²) in [6.45, 7) is 3.58. The van der Waals surface area contributed by atoms with Gasteiger partial charge in [0.25, 0.3) is 0 Å². The number of carbonyl (C=O) groups excluding carboxylic acids is 1. The number of hydrogen-bond donors (Lipinski definition) is 2. The Balaban J connectivity index is 0.00000312. The number of rotatable bonds is 7. The lowest BCUT2D eigenvalue weighted by atomic mass is 10.2. The Morgan fingerprint density at radius 2 is 2.12 bits per heavy atom. The van der Waals surface area contributed by atoms with E-state index in [0.29, 0.717) is 18.5 Å². The van der Waals surface area contributed by atoms with Crippen LogP contribution in [0.1, 0.15) is 25.5 Å². The van der Waals surface area contributed by atoms with Crippen LogP contribution in [0.15, 0.2) is 41.5 Å². The number of nitrogens with zero attached hydrogens (tertiary/aromatic N) is 3. The molecule has 0 spiro atoms. The van der Waals surface area contributed by atoms with Gasteiger partial charge in [-0.3, -0.25) is 9.78 Å². The molecule has 7 heteroatoms. The van der Waals surface area contributed by atoms with Crippen molar-refractivity contribution in [2.45, 2.75) is 32.2 Å². The van der Waals surface area contributed by atoms with Gasteiger partial charge in [-0.15, -0.1) is 24.0 Å². The smallest absolute Gasteiger partial charge is 0.244 e. The molecular weight excluding hydrogens is 429 g/mol. The zero-order valence-corrected chi connectivity index (χ0v) is 17.3. The molecule has 0 fully saturated rings. The molecule has 2 rings (SSSR count). The Labute approximate surface area is 167 Å². The summed E-state index contributed by atoms with van der Waals surface area (Å²) < 4.78 is 0. The van der Waals surface area contributed by atoms with Crippen LogP contribution in [-0.4, -0.2) is 54.5 Å². The van der Waals surface area contributed by atoms with Crippen LogP contribution in [0, 0.1) is 0 Å². The zero-order valence-electron chi connectivity index (χ0n) is 14.9. The zero-order chi connectivity index (χ0) is 17.2. The van der Waals surface area contributed by atoms with E-state index in [1.165, 1.54) is 0 Å². The molecule has 0 bridgehead atoms. The maximum Gasteiger partial charge on any atom is 0.244 e. The van der Waals surface area contributed by atoms with Crippen LogP contribution in [0.4, 0.5) is 0 Å². The van der Waals surface area contributed by atoms with Crippen LogP contribution in [0.25, 0.3) is 0 Å². The quantitative estimate of drug-likeness (QED) is 0.285. The van der Waals surface area contributed by atoms with Crippen molar-refractivity contribution in [2.75, 3.05) is 26.7 Å². The van der Waals surface area contributed by atoms with E-state index in [1.54, 1.807) is 11.1 Å². The molecule has 1 heterocycles. The monoisotopic (exact) mass is 457 g/mol. The molecule has 0 atom stereocenters. The molecule has 0 unspecified atom stereocenters. The van der Waals surface area contributed by atoms with Gasteiger partial charge in [0.15, 0.2) is 5.96 Å². The second kappa shape index (κ2) is 11.8. The van der Waals surface area contributed by atoms with Crippen molar-refractivity contribution in [1.29, 1.82) is 0 Å². The molecule has 1 aliphatic rings. The number of nitrogens with one attached hydrogen (secondary N) is 2. The largest absolute Gasteiger partial charge is 0.357 e. The van der Waals surface area contributed by atoms with Gasteiger partial charge in [-0.2, -0.15) is 0 Å². The molecule has 0 aromatic carbocycles. The lowest BCUT2D eigenvalue weighted by molar-refractivity contribution is -0.128. The molecular formula is C18H28IN5O. The molecule has 0 saturated heterocycles. The molecule has 0 aliphatic heterocycles. The summed E-state index contributed by atoms with van der Waals surface area (Å²) in [6, 6.07) is 6.20. The Morgan fingerprint density at radius 1 is 1.36 bits per heavy atom. The lowest BCUT2D eigenvalue weighted by Crippen LogP contribution is -2.43. The summed E-state index contributed by atoms with van der Waals surface area (Å²) in [4.78, 5) is 22.6. The summed E-state index contributed by atoms with van der Waals surface area (Å²) >= 11 is 0. The van der Waals surface area contributed by atoms with Crippen LogP contribution in [-0.2, 0) is 11.2 Å². The van der Waals surface area contributed by atoms with Crippen molar-refractivity contribution in [3.8, 4) is 0 Å². The molecule has 0 saturated carbocycles. The van der Waals surface area contributed by atoms with E-state index in [2.05, 4.69) is 32.8 Å². The van der Waals surface area contributed by atoms with E-state index in [0.717, 1.165) is 31.5 Å². The number of guanidine groups is 1. The third kappa shape index (κ3) is 7.85. The van der Waals surface area contributed by atoms with Gasteiger partial charge >= 0.3 is 0 Å². The van der Waals surface area contributed by atoms with E-state index in [1.807, 2.05) is 32.2 Å². The number of likely N-dealkylation sites (N-methyl/N-ethyl adjacent to an activating group) is 1. The second-order valence-electron chi connectivity index (χ2n) is 5.87. The van der Waals surface area contributed by atoms with Gasteiger partial charge in [0.05, 0.1) is 0 Å². The third-order valence-corrected chi connectivity index (χ3v) is 3.92. The molecule has 1 aromatic rings.